The van der Waals surface area contributed by atoms with Crippen LogP contribution in [0.4, 0.5) is 10.1 Å². The quantitative estimate of drug-likeness (QED) is 0.470. The third kappa shape index (κ3) is 3.93. The number of halogens is 1. The van der Waals surface area contributed by atoms with Gasteiger partial charge in [-0.2, -0.15) is 0 Å². The summed E-state index contributed by atoms with van der Waals surface area (Å²) in [5.74, 6) is -0.561. The van der Waals surface area contributed by atoms with Crippen molar-refractivity contribution >= 4 is 16.0 Å². The molecular formula is C7H7FNNaO3S. The van der Waals surface area contributed by atoms with Crippen LogP contribution in [0.15, 0.2) is 18.2 Å². The summed E-state index contributed by atoms with van der Waals surface area (Å²) < 4.78 is 45.3. The van der Waals surface area contributed by atoms with Crippen molar-refractivity contribution < 1.29 is 46.9 Å². The van der Waals surface area contributed by atoms with Crippen LogP contribution in [0, 0.1) is 12.7 Å². The van der Waals surface area contributed by atoms with Crippen molar-refractivity contribution in [2.24, 2.45) is 0 Å². The Balaban J connectivity index is 0.00000169. The van der Waals surface area contributed by atoms with Crippen LogP contribution in [-0.4, -0.2) is 13.0 Å². The second kappa shape index (κ2) is 5.09. The molecule has 0 saturated heterocycles. The monoisotopic (exact) mass is 227 g/mol. The van der Waals surface area contributed by atoms with Crippen molar-refractivity contribution in [1.82, 2.24) is 0 Å². The molecule has 1 aromatic carbocycles. The molecule has 0 aliphatic rings. The topological polar surface area (TPSA) is 69.2 Å². The Morgan fingerprint density at radius 1 is 1.43 bits per heavy atom. The van der Waals surface area contributed by atoms with E-state index in [-0.39, 0.29) is 40.8 Å². The summed E-state index contributed by atoms with van der Waals surface area (Å²) in [5.41, 5.74) is 0.0666. The minimum atomic E-state index is -4.58. The van der Waals surface area contributed by atoms with Crippen LogP contribution < -0.4 is 34.3 Å². The maximum atomic E-state index is 12.8. The van der Waals surface area contributed by atoms with Crippen molar-refractivity contribution in [1.29, 1.82) is 0 Å². The third-order valence-corrected chi connectivity index (χ3v) is 1.97. The Morgan fingerprint density at radius 3 is 2.50 bits per heavy atom. The summed E-state index contributed by atoms with van der Waals surface area (Å²) in [7, 11) is -4.58. The summed E-state index contributed by atoms with van der Waals surface area (Å²) in [6.07, 6.45) is 0. The Morgan fingerprint density at radius 2 is 2.00 bits per heavy atom. The molecule has 0 atom stereocenters. The van der Waals surface area contributed by atoms with Gasteiger partial charge in [0.2, 0.25) is 0 Å². The molecular weight excluding hydrogens is 220 g/mol. The first-order valence-corrected chi connectivity index (χ1v) is 4.80. The van der Waals surface area contributed by atoms with E-state index < -0.39 is 16.1 Å². The van der Waals surface area contributed by atoms with E-state index in [1.807, 2.05) is 0 Å². The maximum absolute atomic E-state index is 12.8. The van der Waals surface area contributed by atoms with Crippen molar-refractivity contribution in [2.75, 3.05) is 4.72 Å². The van der Waals surface area contributed by atoms with Gasteiger partial charge < -0.3 is 4.55 Å². The fraction of sp³-hybridized carbons (Fsp3) is 0.143. The van der Waals surface area contributed by atoms with Gasteiger partial charge in [0.1, 0.15) is 5.82 Å². The SMILES string of the molecule is Cc1c(F)cccc1NS(=O)(=O)[O-].[Na+]. The molecule has 0 bridgehead atoms. The van der Waals surface area contributed by atoms with Gasteiger partial charge in [-0.3, -0.25) is 4.72 Å². The number of benzene rings is 1. The molecule has 1 aromatic rings. The van der Waals surface area contributed by atoms with E-state index in [4.69, 9.17) is 0 Å². The number of hydrogen-bond donors (Lipinski definition) is 1. The zero-order valence-electron chi connectivity index (χ0n) is 7.74. The average Bonchev–Trinajstić information content (AvgIpc) is 1.96. The van der Waals surface area contributed by atoms with Gasteiger partial charge in [-0.15, -0.1) is 0 Å². The summed E-state index contributed by atoms with van der Waals surface area (Å²) in [6, 6.07) is 3.81. The molecule has 0 unspecified atom stereocenters. The number of anilines is 1. The van der Waals surface area contributed by atoms with E-state index in [9.17, 15) is 17.4 Å². The van der Waals surface area contributed by atoms with Gasteiger partial charge in [0.25, 0.3) is 0 Å². The smallest absolute Gasteiger partial charge is 0.731 e. The molecule has 0 aromatic heterocycles. The summed E-state index contributed by atoms with van der Waals surface area (Å²) >= 11 is 0. The fourth-order valence-electron chi connectivity index (χ4n) is 0.853. The Hall–Kier alpha value is -0.140. The van der Waals surface area contributed by atoms with E-state index in [0.717, 1.165) is 0 Å². The molecule has 14 heavy (non-hydrogen) atoms. The molecule has 1 N–H and O–H groups in total. The van der Waals surface area contributed by atoms with Gasteiger partial charge in [0.15, 0.2) is 10.3 Å². The zero-order valence-corrected chi connectivity index (χ0v) is 10.6. The van der Waals surface area contributed by atoms with Crippen LogP contribution in [0.5, 0.6) is 0 Å². The number of rotatable bonds is 2. The van der Waals surface area contributed by atoms with E-state index in [1.54, 1.807) is 4.72 Å². The van der Waals surface area contributed by atoms with Crippen LogP contribution >= 0.6 is 0 Å². The van der Waals surface area contributed by atoms with Crippen molar-refractivity contribution in [3.8, 4) is 0 Å². The van der Waals surface area contributed by atoms with Gasteiger partial charge in [0, 0.05) is 5.56 Å². The first kappa shape index (κ1) is 13.9. The summed E-state index contributed by atoms with van der Waals surface area (Å²) in [5, 5.41) is 0. The van der Waals surface area contributed by atoms with Gasteiger partial charge in [-0.25, -0.2) is 12.8 Å². The molecule has 0 aliphatic heterocycles. The molecule has 4 nitrogen and oxygen atoms in total. The van der Waals surface area contributed by atoms with Gasteiger partial charge in [-0.05, 0) is 19.1 Å². The third-order valence-electron chi connectivity index (χ3n) is 1.50. The molecule has 0 heterocycles. The first-order chi connectivity index (χ1) is 5.90. The van der Waals surface area contributed by atoms with E-state index in [0.29, 0.717) is 0 Å². The second-order valence-corrected chi connectivity index (χ2v) is 3.58. The Bertz CT molecular complexity index is 421. The van der Waals surface area contributed by atoms with Crippen LogP contribution in [0.25, 0.3) is 0 Å². The molecule has 0 spiro atoms. The van der Waals surface area contributed by atoms with Crippen LogP contribution in [0.1, 0.15) is 5.56 Å². The van der Waals surface area contributed by atoms with Gasteiger partial charge in [0.05, 0.1) is 5.69 Å². The van der Waals surface area contributed by atoms with Gasteiger partial charge in [-0.1, -0.05) is 6.07 Å². The normalized spacial score (nSPS) is 10.5. The minimum absolute atomic E-state index is 0. The van der Waals surface area contributed by atoms with E-state index in [2.05, 4.69) is 0 Å². The van der Waals surface area contributed by atoms with Crippen LogP contribution in [0.2, 0.25) is 0 Å². The van der Waals surface area contributed by atoms with Gasteiger partial charge >= 0.3 is 29.6 Å². The van der Waals surface area contributed by atoms with Crippen molar-refractivity contribution in [3.63, 3.8) is 0 Å². The summed E-state index contributed by atoms with van der Waals surface area (Å²) in [4.78, 5) is 0. The Labute approximate surface area is 104 Å². The zero-order chi connectivity index (χ0) is 10.1. The molecule has 72 valence electrons. The number of nitrogens with one attached hydrogen (secondary N) is 1. The molecule has 0 saturated carbocycles. The molecule has 7 heteroatoms. The fourth-order valence-corrected chi connectivity index (χ4v) is 1.34. The number of hydrogen-bond acceptors (Lipinski definition) is 3. The predicted octanol–water partition coefficient (Wildman–Crippen LogP) is -1.99. The van der Waals surface area contributed by atoms with Crippen LogP contribution in [-0.2, 0) is 10.3 Å². The molecule has 0 aliphatic carbocycles. The molecule has 0 fully saturated rings. The van der Waals surface area contributed by atoms with E-state index in [1.165, 1.54) is 25.1 Å². The standard InChI is InChI=1S/C7H8FNO3S.Na/c1-5-6(8)3-2-4-7(5)9-13(10,11)12;/h2-4,9H,1H3,(H,10,11,12);/q;+1/p-1. The second-order valence-electron chi connectivity index (χ2n) is 2.47. The minimum Gasteiger partial charge on any atom is -0.731 e. The molecule has 0 amide bonds. The van der Waals surface area contributed by atoms with Crippen molar-refractivity contribution in [3.05, 3.63) is 29.6 Å². The van der Waals surface area contributed by atoms with Crippen molar-refractivity contribution in [2.45, 2.75) is 6.92 Å². The van der Waals surface area contributed by atoms with Crippen LogP contribution in [0.3, 0.4) is 0 Å². The largest absolute Gasteiger partial charge is 1.00 e. The maximum Gasteiger partial charge on any atom is 1.00 e. The van der Waals surface area contributed by atoms with E-state index >= 15 is 0 Å². The molecule has 0 radical (unpaired) electrons. The Kier molecular flexibility index (Phi) is 5.03. The summed E-state index contributed by atoms with van der Waals surface area (Å²) in [6.45, 7) is 1.38. The first-order valence-electron chi connectivity index (χ1n) is 3.39. The molecule has 1 rings (SSSR count). The predicted molar refractivity (Wildman–Crippen MR) is 44.5 cm³/mol. The average molecular weight is 227 g/mol.